The van der Waals surface area contributed by atoms with Gasteiger partial charge in [0.05, 0.1) is 0 Å². The molecule has 1 saturated heterocycles. The number of aromatic nitrogens is 5. The van der Waals surface area contributed by atoms with Crippen LogP contribution < -0.4 is 10.2 Å². The minimum absolute atomic E-state index is 0.00211. The highest BCUT2D eigenvalue weighted by Gasteiger charge is 2.54. The molecule has 186 valence electrons. The Morgan fingerprint density at radius 3 is 2.31 bits per heavy atom. The topological polar surface area (TPSA) is 100.0 Å². The van der Waals surface area contributed by atoms with Crippen LogP contribution in [-0.4, -0.2) is 54.9 Å². The van der Waals surface area contributed by atoms with Crippen LogP contribution in [0.4, 0.5) is 43.9 Å². The molecule has 0 spiro atoms. The molecule has 3 aromatic rings. The van der Waals surface area contributed by atoms with Gasteiger partial charge in [0.2, 0.25) is 11.9 Å². The maximum atomic E-state index is 13.2. The summed E-state index contributed by atoms with van der Waals surface area (Å²) >= 11 is 0. The van der Waals surface area contributed by atoms with Gasteiger partial charge in [0, 0.05) is 43.5 Å². The fourth-order valence-corrected chi connectivity index (χ4v) is 3.50. The van der Waals surface area contributed by atoms with Gasteiger partial charge in [-0.05, 0) is 31.2 Å². The molecule has 2 N–H and O–H groups in total. The number of pyridine rings is 2. The number of aliphatic hydroxyl groups is 1. The number of halogens is 6. The Morgan fingerprint density at radius 2 is 1.69 bits per heavy atom. The minimum atomic E-state index is -4.78. The van der Waals surface area contributed by atoms with E-state index in [2.05, 4.69) is 30.2 Å². The summed E-state index contributed by atoms with van der Waals surface area (Å²) in [6, 6.07) is 7.12. The van der Waals surface area contributed by atoms with E-state index in [-0.39, 0.29) is 36.5 Å². The van der Waals surface area contributed by atoms with Crippen molar-refractivity contribution in [3.63, 3.8) is 0 Å². The Morgan fingerprint density at radius 1 is 0.971 bits per heavy atom. The van der Waals surface area contributed by atoms with Crippen molar-refractivity contribution in [1.29, 1.82) is 0 Å². The number of hydrogen-bond acceptors (Lipinski definition) is 8. The van der Waals surface area contributed by atoms with Gasteiger partial charge in [-0.1, -0.05) is 6.07 Å². The number of rotatable bonds is 4. The highest BCUT2D eigenvalue weighted by molar-refractivity contribution is 5.59. The Hall–Kier alpha value is -3.55. The molecule has 35 heavy (non-hydrogen) atoms. The van der Waals surface area contributed by atoms with Gasteiger partial charge in [-0.25, -0.2) is 4.98 Å². The van der Waals surface area contributed by atoms with E-state index >= 15 is 0 Å². The van der Waals surface area contributed by atoms with Crippen LogP contribution in [0.3, 0.4) is 0 Å². The standard InChI is InChI=1S/C21H19F6N7O/c1-12-3-2-4-14(29-12)16-31-17(30-13-5-8-28-15(11-13)20(22,23)24)33-18(32-16)34-9-6-19(35,7-10-34)21(25,26)27/h2-5,8,11,35H,6-7,9-10H2,1H3,(H,28,30,31,32,33). The summed E-state index contributed by atoms with van der Waals surface area (Å²) in [5, 5.41) is 12.6. The zero-order chi connectivity index (χ0) is 25.4. The Bertz CT molecular complexity index is 1210. The van der Waals surface area contributed by atoms with E-state index in [0.717, 1.165) is 12.3 Å². The van der Waals surface area contributed by atoms with E-state index in [1.165, 1.54) is 11.0 Å². The molecular weight excluding hydrogens is 480 g/mol. The average Bonchev–Trinajstić information content (AvgIpc) is 2.78. The van der Waals surface area contributed by atoms with Crippen molar-refractivity contribution in [3.05, 3.63) is 47.9 Å². The third-order valence-electron chi connectivity index (χ3n) is 5.45. The molecular formula is C21H19F6N7O. The lowest BCUT2D eigenvalue weighted by atomic mass is 9.91. The molecule has 0 bridgehead atoms. The molecule has 0 unspecified atom stereocenters. The van der Waals surface area contributed by atoms with Crippen molar-refractivity contribution in [2.24, 2.45) is 0 Å². The number of alkyl halides is 6. The lowest BCUT2D eigenvalue weighted by Crippen LogP contribution is -2.53. The zero-order valence-electron chi connectivity index (χ0n) is 18.2. The summed E-state index contributed by atoms with van der Waals surface area (Å²) in [6.45, 7) is 1.34. The van der Waals surface area contributed by atoms with Crippen LogP contribution >= 0.6 is 0 Å². The molecule has 0 saturated carbocycles. The maximum Gasteiger partial charge on any atom is 0.433 e. The second-order valence-electron chi connectivity index (χ2n) is 8.02. The molecule has 3 aromatic heterocycles. The van der Waals surface area contributed by atoms with Crippen molar-refractivity contribution >= 4 is 17.6 Å². The third kappa shape index (κ3) is 5.42. The van der Waals surface area contributed by atoms with Crippen molar-refractivity contribution in [1.82, 2.24) is 24.9 Å². The molecule has 1 fully saturated rings. The summed E-state index contributed by atoms with van der Waals surface area (Å²) in [5.74, 6) is -0.0672. The highest BCUT2D eigenvalue weighted by atomic mass is 19.4. The summed E-state index contributed by atoms with van der Waals surface area (Å²) in [7, 11) is 0. The van der Waals surface area contributed by atoms with Gasteiger partial charge in [0.15, 0.2) is 11.4 Å². The highest BCUT2D eigenvalue weighted by Crippen LogP contribution is 2.39. The van der Waals surface area contributed by atoms with Gasteiger partial charge in [-0.15, -0.1) is 0 Å². The maximum absolute atomic E-state index is 13.2. The number of hydrogen-bond donors (Lipinski definition) is 2. The predicted octanol–water partition coefficient (Wildman–Crippen LogP) is 4.29. The Kier molecular flexibility index (Phi) is 6.25. The molecule has 1 aliphatic heterocycles. The van der Waals surface area contributed by atoms with E-state index in [1.54, 1.807) is 25.1 Å². The summed E-state index contributed by atoms with van der Waals surface area (Å²) < 4.78 is 78.7. The number of anilines is 3. The molecule has 0 radical (unpaired) electrons. The monoisotopic (exact) mass is 499 g/mol. The Labute approximate surface area is 195 Å². The van der Waals surface area contributed by atoms with E-state index < -0.39 is 36.5 Å². The molecule has 4 heterocycles. The average molecular weight is 499 g/mol. The molecule has 4 rings (SSSR count). The molecule has 0 amide bonds. The van der Waals surface area contributed by atoms with Gasteiger partial charge in [0.1, 0.15) is 11.4 Å². The first-order valence-electron chi connectivity index (χ1n) is 10.4. The van der Waals surface area contributed by atoms with Crippen molar-refractivity contribution < 1.29 is 31.4 Å². The van der Waals surface area contributed by atoms with Crippen molar-refractivity contribution in [2.75, 3.05) is 23.3 Å². The molecule has 8 nitrogen and oxygen atoms in total. The number of nitrogens with zero attached hydrogens (tertiary/aromatic N) is 6. The van der Waals surface area contributed by atoms with Gasteiger partial charge < -0.3 is 15.3 Å². The fourth-order valence-electron chi connectivity index (χ4n) is 3.50. The number of nitrogens with one attached hydrogen (secondary N) is 1. The van der Waals surface area contributed by atoms with Gasteiger partial charge >= 0.3 is 12.4 Å². The predicted molar refractivity (Wildman–Crippen MR) is 113 cm³/mol. The summed E-state index contributed by atoms with van der Waals surface area (Å²) in [5.41, 5.74) is -2.95. The van der Waals surface area contributed by atoms with E-state index in [0.29, 0.717) is 11.4 Å². The third-order valence-corrected chi connectivity index (χ3v) is 5.45. The van der Waals surface area contributed by atoms with Crippen LogP contribution in [0.25, 0.3) is 11.5 Å². The molecule has 0 aliphatic carbocycles. The second kappa shape index (κ2) is 8.91. The van der Waals surface area contributed by atoms with Gasteiger partial charge in [-0.2, -0.15) is 41.3 Å². The van der Waals surface area contributed by atoms with Crippen LogP contribution in [0, 0.1) is 6.92 Å². The van der Waals surface area contributed by atoms with Gasteiger partial charge in [-0.3, -0.25) is 4.98 Å². The lowest BCUT2D eigenvalue weighted by Gasteiger charge is -2.39. The van der Waals surface area contributed by atoms with Crippen molar-refractivity contribution in [2.45, 2.75) is 37.7 Å². The first kappa shape index (κ1) is 24.6. The van der Waals surface area contributed by atoms with Crippen LogP contribution in [0.2, 0.25) is 0 Å². The van der Waals surface area contributed by atoms with Crippen LogP contribution in [0.1, 0.15) is 24.2 Å². The molecule has 14 heteroatoms. The first-order chi connectivity index (χ1) is 16.3. The Balaban J connectivity index is 1.69. The number of piperidine rings is 1. The quantitative estimate of drug-likeness (QED) is 0.513. The second-order valence-corrected chi connectivity index (χ2v) is 8.02. The summed E-state index contributed by atoms with van der Waals surface area (Å²) in [4.78, 5) is 21.8. The van der Waals surface area contributed by atoms with Crippen molar-refractivity contribution in [3.8, 4) is 11.5 Å². The van der Waals surface area contributed by atoms with Crippen LogP contribution in [0.5, 0.6) is 0 Å². The van der Waals surface area contributed by atoms with Crippen LogP contribution in [-0.2, 0) is 6.18 Å². The number of aryl methyl sites for hydroxylation is 1. The van der Waals surface area contributed by atoms with Crippen LogP contribution in [0.15, 0.2) is 36.5 Å². The normalized spacial score (nSPS) is 16.3. The van der Waals surface area contributed by atoms with E-state index in [9.17, 15) is 31.4 Å². The molecule has 0 atom stereocenters. The minimum Gasteiger partial charge on any atom is -0.380 e. The zero-order valence-corrected chi connectivity index (χ0v) is 18.2. The van der Waals surface area contributed by atoms with E-state index in [4.69, 9.17) is 0 Å². The lowest BCUT2D eigenvalue weighted by molar-refractivity contribution is -0.266. The largest absolute Gasteiger partial charge is 0.433 e. The smallest absolute Gasteiger partial charge is 0.380 e. The van der Waals surface area contributed by atoms with Gasteiger partial charge in [0.25, 0.3) is 0 Å². The summed E-state index contributed by atoms with van der Waals surface area (Å²) in [6.07, 6.45) is -9.66. The SMILES string of the molecule is Cc1cccc(-c2nc(Nc3ccnc(C(F)(F)F)c3)nc(N3CCC(O)(C(F)(F)F)CC3)n2)n1. The molecule has 1 aliphatic rings. The molecule has 0 aromatic carbocycles. The fraction of sp³-hybridized carbons (Fsp3) is 0.381. The first-order valence-corrected chi connectivity index (χ1v) is 10.4. The van der Waals surface area contributed by atoms with E-state index in [1.807, 2.05) is 0 Å².